The topological polar surface area (TPSA) is 43.8 Å². The number of amides is 1. The summed E-state index contributed by atoms with van der Waals surface area (Å²) >= 11 is 13.0. The number of carbonyl (C=O) groups excluding carboxylic acids is 1. The van der Waals surface area contributed by atoms with Crippen LogP contribution in [0.5, 0.6) is 0 Å². The summed E-state index contributed by atoms with van der Waals surface area (Å²) in [5, 5.41) is 13.9. The van der Waals surface area contributed by atoms with Crippen LogP contribution in [-0.2, 0) is 4.79 Å². The first-order valence-corrected chi connectivity index (χ1v) is 9.35. The minimum atomic E-state index is -4.83. The SMILES string of the molecule is O=C1CC=C(c2ccc(Cl)cc2)N(C[C@H](O)C(F)(F)F)N1c1csc(Cl)c1. The molecule has 4 nitrogen and oxygen atoms in total. The van der Waals surface area contributed by atoms with Crippen molar-refractivity contribution < 1.29 is 23.1 Å². The fourth-order valence-corrected chi connectivity index (χ4v) is 3.61. The molecule has 144 valence electrons. The van der Waals surface area contributed by atoms with Crippen molar-refractivity contribution >= 4 is 51.8 Å². The van der Waals surface area contributed by atoms with Gasteiger partial charge in [0.25, 0.3) is 0 Å². The number of aliphatic hydroxyl groups is 1. The van der Waals surface area contributed by atoms with Gasteiger partial charge in [0.2, 0.25) is 5.91 Å². The lowest BCUT2D eigenvalue weighted by molar-refractivity contribution is -0.206. The van der Waals surface area contributed by atoms with Crippen LogP contribution in [0.15, 0.2) is 41.8 Å². The second-order valence-corrected chi connectivity index (χ2v) is 7.73. The van der Waals surface area contributed by atoms with Crippen LogP contribution in [0.1, 0.15) is 12.0 Å². The fourth-order valence-electron chi connectivity index (χ4n) is 2.65. The van der Waals surface area contributed by atoms with E-state index in [-0.39, 0.29) is 6.42 Å². The van der Waals surface area contributed by atoms with E-state index in [1.165, 1.54) is 12.1 Å². The zero-order valence-electron chi connectivity index (χ0n) is 13.6. The molecule has 2 heterocycles. The zero-order valence-corrected chi connectivity index (χ0v) is 15.9. The first-order valence-electron chi connectivity index (χ1n) is 7.72. The summed E-state index contributed by atoms with van der Waals surface area (Å²) in [5.41, 5.74) is 1.26. The van der Waals surface area contributed by atoms with Crippen LogP contribution in [0.25, 0.3) is 5.70 Å². The van der Waals surface area contributed by atoms with Crippen LogP contribution in [0.3, 0.4) is 0 Å². The number of anilines is 1. The molecule has 1 amide bonds. The van der Waals surface area contributed by atoms with Crippen LogP contribution in [0.2, 0.25) is 9.36 Å². The van der Waals surface area contributed by atoms with Crippen LogP contribution < -0.4 is 5.01 Å². The molecule has 2 aromatic rings. The van der Waals surface area contributed by atoms with Gasteiger partial charge in [-0.2, -0.15) is 13.2 Å². The Labute approximate surface area is 167 Å². The standard InChI is InChI=1S/C17H13Cl2F3N2O2S/c18-11-3-1-10(2-4-11)13-5-6-16(26)24(12-7-15(19)27-9-12)23(13)8-14(25)17(20,21)22/h1-5,7,9,14,25H,6,8H2/t14-/m0/s1. The molecular formula is C17H13Cl2F3N2O2S. The molecule has 10 heteroatoms. The van der Waals surface area contributed by atoms with Gasteiger partial charge in [-0.25, -0.2) is 5.01 Å². The highest BCUT2D eigenvalue weighted by atomic mass is 35.5. The number of nitrogens with zero attached hydrogens (tertiary/aromatic N) is 2. The van der Waals surface area contributed by atoms with Crippen molar-refractivity contribution in [2.24, 2.45) is 0 Å². The minimum absolute atomic E-state index is 0.00988. The molecule has 0 unspecified atom stereocenters. The number of aliphatic hydroxyl groups excluding tert-OH is 1. The van der Waals surface area contributed by atoms with E-state index >= 15 is 0 Å². The van der Waals surface area contributed by atoms with Crippen LogP contribution in [0, 0.1) is 0 Å². The maximum atomic E-state index is 13.0. The second-order valence-electron chi connectivity index (χ2n) is 5.75. The zero-order chi connectivity index (χ0) is 19.8. The number of hydrogen-bond acceptors (Lipinski definition) is 4. The van der Waals surface area contributed by atoms with E-state index in [0.717, 1.165) is 21.4 Å². The van der Waals surface area contributed by atoms with E-state index in [0.29, 0.717) is 26.3 Å². The summed E-state index contributed by atoms with van der Waals surface area (Å²) in [4.78, 5) is 12.5. The highest BCUT2D eigenvalue weighted by Crippen LogP contribution is 2.36. The van der Waals surface area contributed by atoms with Crippen molar-refractivity contribution in [3.8, 4) is 0 Å². The molecule has 27 heavy (non-hydrogen) atoms. The van der Waals surface area contributed by atoms with Crippen molar-refractivity contribution in [1.29, 1.82) is 0 Å². The van der Waals surface area contributed by atoms with Crippen LogP contribution in [0.4, 0.5) is 18.9 Å². The molecule has 0 saturated heterocycles. The average Bonchev–Trinajstić information content (AvgIpc) is 3.01. The van der Waals surface area contributed by atoms with Gasteiger partial charge in [0.15, 0.2) is 6.10 Å². The molecule has 0 radical (unpaired) electrons. The van der Waals surface area contributed by atoms with E-state index < -0.39 is 24.7 Å². The number of alkyl halides is 3. The van der Waals surface area contributed by atoms with E-state index in [4.69, 9.17) is 23.2 Å². The van der Waals surface area contributed by atoms with Gasteiger partial charge in [-0.1, -0.05) is 35.3 Å². The molecule has 0 fully saturated rings. The van der Waals surface area contributed by atoms with Crippen LogP contribution in [-0.4, -0.2) is 34.8 Å². The molecule has 0 bridgehead atoms. The molecular weight excluding hydrogens is 424 g/mol. The summed E-state index contributed by atoms with van der Waals surface area (Å²) in [6.45, 7) is -0.850. The summed E-state index contributed by atoms with van der Waals surface area (Å²) in [6.07, 6.45) is -5.96. The number of benzene rings is 1. The molecule has 1 N–H and O–H groups in total. The van der Waals surface area contributed by atoms with E-state index in [2.05, 4.69) is 0 Å². The minimum Gasteiger partial charge on any atom is -0.382 e. The van der Waals surface area contributed by atoms with Crippen molar-refractivity contribution in [3.05, 3.63) is 56.7 Å². The van der Waals surface area contributed by atoms with Gasteiger partial charge < -0.3 is 5.11 Å². The number of thiophene rings is 1. The van der Waals surface area contributed by atoms with Gasteiger partial charge in [-0.3, -0.25) is 9.80 Å². The van der Waals surface area contributed by atoms with Gasteiger partial charge in [0, 0.05) is 16.8 Å². The Hall–Kier alpha value is -1.74. The third kappa shape index (κ3) is 4.40. The molecule has 0 saturated carbocycles. The Kier molecular flexibility index (Phi) is 5.71. The highest BCUT2D eigenvalue weighted by Gasteiger charge is 2.42. The number of rotatable bonds is 4. The van der Waals surface area contributed by atoms with E-state index in [1.54, 1.807) is 29.6 Å². The Morgan fingerprint density at radius 2 is 1.89 bits per heavy atom. The van der Waals surface area contributed by atoms with Crippen molar-refractivity contribution in [3.63, 3.8) is 0 Å². The van der Waals surface area contributed by atoms with Crippen molar-refractivity contribution in [2.75, 3.05) is 11.6 Å². The molecule has 1 aromatic heterocycles. The average molecular weight is 437 g/mol. The molecule has 3 rings (SSSR count). The number of hydrazine groups is 1. The summed E-state index contributed by atoms with van der Waals surface area (Å²) in [5.74, 6) is -0.434. The molecule has 1 atom stereocenters. The largest absolute Gasteiger partial charge is 0.416 e. The van der Waals surface area contributed by atoms with Crippen molar-refractivity contribution in [2.45, 2.75) is 18.7 Å². The van der Waals surface area contributed by atoms with Crippen molar-refractivity contribution in [1.82, 2.24) is 5.01 Å². The quantitative estimate of drug-likeness (QED) is 0.735. The van der Waals surface area contributed by atoms with Gasteiger partial charge in [0.1, 0.15) is 0 Å². The second kappa shape index (κ2) is 7.71. The fraction of sp³-hybridized carbons (Fsp3) is 0.235. The number of carbonyl (C=O) groups is 1. The summed E-state index contributed by atoms with van der Waals surface area (Å²) in [7, 11) is 0. The van der Waals surface area contributed by atoms with Crippen LogP contribution >= 0.6 is 34.5 Å². The summed E-state index contributed by atoms with van der Waals surface area (Å²) < 4.78 is 39.3. The van der Waals surface area contributed by atoms with Gasteiger partial charge in [-0.05, 0) is 29.8 Å². The smallest absolute Gasteiger partial charge is 0.382 e. The van der Waals surface area contributed by atoms with Gasteiger partial charge in [0.05, 0.1) is 22.3 Å². The normalized spacial score (nSPS) is 16.5. The van der Waals surface area contributed by atoms with Gasteiger partial charge >= 0.3 is 6.18 Å². The Morgan fingerprint density at radius 3 is 2.44 bits per heavy atom. The summed E-state index contributed by atoms with van der Waals surface area (Å²) in [6, 6.07) is 7.95. The maximum Gasteiger partial charge on any atom is 0.416 e. The first-order chi connectivity index (χ1) is 12.7. The predicted octanol–water partition coefficient (Wildman–Crippen LogP) is 4.97. The molecule has 0 aliphatic carbocycles. The first kappa shape index (κ1) is 20.0. The molecule has 1 aliphatic heterocycles. The molecule has 1 aromatic carbocycles. The monoisotopic (exact) mass is 436 g/mol. The van der Waals surface area contributed by atoms with E-state index in [9.17, 15) is 23.1 Å². The van der Waals surface area contributed by atoms with E-state index in [1.807, 2.05) is 0 Å². The molecule has 0 spiro atoms. The molecule has 1 aliphatic rings. The predicted molar refractivity (Wildman–Crippen MR) is 99.6 cm³/mol. The lowest BCUT2D eigenvalue weighted by Crippen LogP contribution is -2.52. The lowest BCUT2D eigenvalue weighted by Gasteiger charge is -2.41. The Morgan fingerprint density at radius 1 is 1.22 bits per heavy atom. The van der Waals surface area contributed by atoms with Gasteiger partial charge in [-0.15, -0.1) is 11.3 Å². The third-order valence-electron chi connectivity index (χ3n) is 3.89. The number of halogens is 5. The highest BCUT2D eigenvalue weighted by molar-refractivity contribution is 7.14. The third-order valence-corrected chi connectivity index (χ3v) is 5.22. The Balaban J connectivity index is 2.05. The number of hydrogen-bond donors (Lipinski definition) is 1. The lowest BCUT2D eigenvalue weighted by atomic mass is 10.1. The Bertz CT molecular complexity index is 868. The number of β-amino-alcohol motifs (C(OH)–C–C–N with tert-alkyl or cyclic N) is 1. The maximum absolute atomic E-state index is 13.0.